The number of H-pyrrole nitrogens is 1. The van der Waals surface area contributed by atoms with Crippen molar-refractivity contribution in [3.8, 4) is 17.4 Å². The highest BCUT2D eigenvalue weighted by Gasteiger charge is 2.25. The molecule has 41 heavy (non-hydrogen) atoms. The van der Waals surface area contributed by atoms with Crippen LogP contribution in [0.1, 0.15) is 15.9 Å². The lowest BCUT2D eigenvalue weighted by molar-refractivity contribution is 0.0946. The summed E-state index contributed by atoms with van der Waals surface area (Å²) in [5, 5.41) is 3.60. The number of carbonyl (C=O) groups excluding carboxylic acids is 1. The number of anilines is 1. The number of aromatic nitrogens is 2. The van der Waals surface area contributed by atoms with E-state index in [0.717, 1.165) is 6.07 Å². The average molecular weight is 615 g/mol. The summed E-state index contributed by atoms with van der Waals surface area (Å²) < 4.78 is 54.8. The second-order valence-corrected chi connectivity index (χ2v) is 11.1. The predicted octanol–water partition coefficient (Wildman–Crippen LogP) is 6.54. The van der Waals surface area contributed by atoms with Gasteiger partial charge in [-0.05, 0) is 42.0 Å². The molecule has 0 aliphatic heterocycles. The number of hydrogen-bond donors (Lipinski definition) is 3. The second kappa shape index (κ2) is 11.7. The fourth-order valence-corrected chi connectivity index (χ4v) is 5.72. The molecule has 210 valence electrons. The fourth-order valence-electron chi connectivity index (χ4n) is 3.99. The molecular weight excluding hydrogens is 594 g/mol. The molecule has 1 amide bonds. The first kappa shape index (κ1) is 28.2. The summed E-state index contributed by atoms with van der Waals surface area (Å²) in [5.74, 6) is -0.512. The summed E-state index contributed by atoms with van der Waals surface area (Å²) in [5.41, 5.74) is 0.604. The Kier molecular flexibility index (Phi) is 8.02. The lowest BCUT2D eigenvalue weighted by Crippen LogP contribution is -2.25. The van der Waals surface area contributed by atoms with Gasteiger partial charge in [0.1, 0.15) is 16.4 Å². The molecule has 0 aliphatic carbocycles. The van der Waals surface area contributed by atoms with Crippen LogP contribution in [-0.4, -0.2) is 31.4 Å². The first-order valence-electron chi connectivity index (χ1n) is 12.0. The maximum Gasteiger partial charge on any atom is 0.264 e. The summed E-state index contributed by atoms with van der Waals surface area (Å²) in [6, 6.07) is 16.7. The van der Waals surface area contributed by atoms with E-state index in [1.165, 1.54) is 36.7 Å². The Balaban J connectivity index is 1.28. The highest BCUT2D eigenvalue weighted by Crippen LogP contribution is 2.35. The van der Waals surface area contributed by atoms with Crippen LogP contribution in [0.4, 0.5) is 10.1 Å². The molecule has 0 spiro atoms. The first-order chi connectivity index (χ1) is 19.7. The lowest BCUT2D eigenvalue weighted by Gasteiger charge is -2.13. The van der Waals surface area contributed by atoms with Crippen LogP contribution < -0.4 is 19.5 Å². The number of ether oxygens (including phenoxy) is 2. The molecule has 0 radical (unpaired) electrons. The van der Waals surface area contributed by atoms with Crippen LogP contribution in [0.3, 0.4) is 0 Å². The molecule has 3 N–H and O–H groups in total. The number of pyridine rings is 1. The van der Waals surface area contributed by atoms with Crippen LogP contribution in [0.15, 0.2) is 84.0 Å². The highest BCUT2D eigenvalue weighted by atomic mass is 35.5. The minimum absolute atomic E-state index is 0.0102. The van der Waals surface area contributed by atoms with Crippen molar-refractivity contribution in [1.29, 1.82) is 0 Å². The van der Waals surface area contributed by atoms with Crippen molar-refractivity contribution in [3.05, 3.63) is 106 Å². The Morgan fingerprint density at radius 2 is 1.80 bits per heavy atom. The van der Waals surface area contributed by atoms with Crippen molar-refractivity contribution < 1.29 is 27.1 Å². The van der Waals surface area contributed by atoms with E-state index in [1.54, 1.807) is 43.5 Å². The summed E-state index contributed by atoms with van der Waals surface area (Å²) in [7, 11) is -2.89. The molecule has 0 saturated carbocycles. The van der Waals surface area contributed by atoms with Crippen molar-refractivity contribution in [2.24, 2.45) is 0 Å². The van der Waals surface area contributed by atoms with Gasteiger partial charge in [-0.25, -0.2) is 17.8 Å². The minimum atomic E-state index is -4.44. The van der Waals surface area contributed by atoms with Crippen LogP contribution in [-0.2, 0) is 16.6 Å². The average Bonchev–Trinajstić information content (AvgIpc) is 3.36. The summed E-state index contributed by atoms with van der Waals surface area (Å²) >= 11 is 12.3. The smallest absolute Gasteiger partial charge is 0.264 e. The van der Waals surface area contributed by atoms with Gasteiger partial charge in [0.15, 0.2) is 5.82 Å². The van der Waals surface area contributed by atoms with E-state index in [1.807, 2.05) is 0 Å². The third-order valence-electron chi connectivity index (χ3n) is 5.99. The van der Waals surface area contributed by atoms with Gasteiger partial charge in [-0.1, -0.05) is 41.4 Å². The molecule has 9 nitrogen and oxygen atoms in total. The van der Waals surface area contributed by atoms with Crippen LogP contribution in [0, 0.1) is 5.82 Å². The molecule has 2 heterocycles. The van der Waals surface area contributed by atoms with Crippen LogP contribution in [0.25, 0.3) is 10.9 Å². The number of methoxy groups -OCH3 is 1. The summed E-state index contributed by atoms with van der Waals surface area (Å²) in [4.78, 5) is 19.2. The number of carbonyl (C=O) groups is 1. The van der Waals surface area contributed by atoms with E-state index in [0.29, 0.717) is 43.9 Å². The molecule has 0 fully saturated rings. The Hall–Kier alpha value is -4.32. The van der Waals surface area contributed by atoms with Crippen LogP contribution in [0.5, 0.6) is 17.4 Å². The third-order valence-corrected chi connectivity index (χ3v) is 7.99. The number of fused-ring (bicyclic) bond motifs is 1. The number of nitrogens with zero attached hydrogens (tertiary/aromatic N) is 1. The second-order valence-electron chi connectivity index (χ2n) is 8.67. The summed E-state index contributed by atoms with van der Waals surface area (Å²) in [6.07, 6.45) is 2.95. The third kappa shape index (κ3) is 6.07. The quantitative estimate of drug-likeness (QED) is 0.173. The van der Waals surface area contributed by atoms with Gasteiger partial charge in [-0.3, -0.25) is 9.52 Å². The highest BCUT2D eigenvalue weighted by molar-refractivity contribution is 7.92. The molecule has 0 bridgehead atoms. The molecule has 0 saturated heterocycles. The van der Waals surface area contributed by atoms with Crippen molar-refractivity contribution in [1.82, 2.24) is 15.3 Å². The van der Waals surface area contributed by atoms with Gasteiger partial charge in [0.2, 0.25) is 5.88 Å². The number of hydrogen-bond acceptors (Lipinski definition) is 6. The number of nitrogens with one attached hydrogen (secondary N) is 3. The van der Waals surface area contributed by atoms with Crippen LogP contribution >= 0.6 is 23.2 Å². The molecule has 0 atom stereocenters. The van der Waals surface area contributed by atoms with Gasteiger partial charge < -0.3 is 19.8 Å². The Labute approximate surface area is 244 Å². The molecule has 13 heteroatoms. The van der Waals surface area contributed by atoms with Gasteiger partial charge in [0, 0.05) is 36.5 Å². The van der Waals surface area contributed by atoms with E-state index >= 15 is 4.39 Å². The Morgan fingerprint density at radius 1 is 1.02 bits per heavy atom. The van der Waals surface area contributed by atoms with Gasteiger partial charge in [0.05, 0.1) is 33.9 Å². The number of benzene rings is 3. The molecule has 5 aromatic rings. The number of aromatic amines is 1. The Morgan fingerprint density at radius 3 is 2.56 bits per heavy atom. The van der Waals surface area contributed by atoms with E-state index in [2.05, 4.69) is 20.0 Å². The minimum Gasteiger partial charge on any atom is -0.497 e. The maximum atomic E-state index is 15.4. The number of sulfonamides is 1. The molecule has 3 aromatic carbocycles. The molecule has 5 rings (SSSR count). The molecular formula is C28H21Cl2FN4O5S. The fraction of sp³-hybridized carbons (Fsp3) is 0.0714. The van der Waals surface area contributed by atoms with Crippen molar-refractivity contribution >= 4 is 55.7 Å². The lowest BCUT2D eigenvalue weighted by atomic mass is 10.2. The van der Waals surface area contributed by atoms with E-state index in [-0.39, 0.29) is 12.2 Å². The van der Waals surface area contributed by atoms with Crippen molar-refractivity contribution in [2.45, 2.75) is 11.4 Å². The maximum absolute atomic E-state index is 15.4. The predicted molar refractivity (Wildman–Crippen MR) is 154 cm³/mol. The zero-order chi connectivity index (χ0) is 29.1. The topological polar surface area (TPSA) is 122 Å². The largest absolute Gasteiger partial charge is 0.497 e. The summed E-state index contributed by atoms with van der Waals surface area (Å²) in [6.45, 7) is 0.0102. The van der Waals surface area contributed by atoms with Gasteiger partial charge >= 0.3 is 0 Å². The van der Waals surface area contributed by atoms with E-state index in [4.69, 9.17) is 32.7 Å². The zero-order valence-corrected chi connectivity index (χ0v) is 23.6. The molecule has 0 unspecified atom stereocenters. The Bertz CT molecular complexity index is 1860. The molecule has 0 aliphatic rings. The number of rotatable bonds is 9. The van der Waals surface area contributed by atoms with Crippen molar-refractivity contribution in [2.75, 3.05) is 11.8 Å². The number of halogens is 3. The molecule has 2 aromatic heterocycles. The van der Waals surface area contributed by atoms with Crippen LogP contribution in [0.2, 0.25) is 10.0 Å². The van der Waals surface area contributed by atoms with Gasteiger partial charge in [-0.15, -0.1) is 0 Å². The zero-order valence-electron chi connectivity index (χ0n) is 21.2. The first-order valence-corrected chi connectivity index (χ1v) is 14.2. The SMILES string of the molecule is COc1cccc(Oc2ccc(CNC(=O)c3cccc(S(=O)(=O)Nc4ccc(Cl)c5c(Cl)c[nH]c45)c3F)cn2)c1. The van der Waals surface area contributed by atoms with Gasteiger partial charge in [0.25, 0.3) is 15.9 Å². The standard InChI is InChI=1S/C28H21Cl2FN4O5S/c1-39-17-4-2-5-18(12-17)40-24-11-8-16(13-32-24)14-34-28(36)19-6-3-7-23(26(19)31)41(37,38)35-22-10-9-20(29)25-21(30)15-33-27(22)25/h2-13,15,33,35H,14H2,1H3,(H,34,36). The van der Waals surface area contributed by atoms with E-state index in [9.17, 15) is 13.2 Å². The monoisotopic (exact) mass is 614 g/mol. The van der Waals surface area contributed by atoms with Crippen molar-refractivity contribution in [3.63, 3.8) is 0 Å². The van der Waals surface area contributed by atoms with Gasteiger partial charge in [-0.2, -0.15) is 0 Å². The normalized spacial score (nSPS) is 11.3. The van der Waals surface area contributed by atoms with E-state index < -0.39 is 32.2 Å². The number of amides is 1.